The summed E-state index contributed by atoms with van der Waals surface area (Å²) < 4.78 is 5.19. The number of hydrogen-bond acceptors (Lipinski definition) is 4. The third kappa shape index (κ3) is 1.88. The molecule has 1 amide bonds. The highest BCUT2D eigenvalue weighted by molar-refractivity contribution is 5.97. The monoisotopic (exact) mass is 224 g/mol. The number of hydrogen-bond donors (Lipinski definition) is 2. The lowest BCUT2D eigenvalue weighted by Gasteiger charge is -2.26. The molecule has 6 heteroatoms. The van der Waals surface area contributed by atoms with Crippen molar-refractivity contribution >= 4 is 11.6 Å². The van der Waals surface area contributed by atoms with Gasteiger partial charge >= 0.3 is 0 Å². The van der Waals surface area contributed by atoms with Gasteiger partial charge in [0.1, 0.15) is 0 Å². The van der Waals surface area contributed by atoms with Crippen LogP contribution in [-0.2, 0) is 11.2 Å². The molecule has 0 spiro atoms. The molecule has 0 aliphatic carbocycles. The minimum absolute atomic E-state index is 0.114. The van der Waals surface area contributed by atoms with E-state index in [1.165, 1.54) is 0 Å². The Bertz CT molecular complexity index is 382. The number of nitrogens with one attached hydrogen (secondary N) is 1. The number of anilines is 1. The van der Waals surface area contributed by atoms with Gasteiger partial charge in [-0.15, -0.1) is 0 Å². The molecule has 0 atom stereocenters. The van der Waals surface area contributed by atoms with Crippen molar-refractivity contribution in [2.24, 2.45) is 0 Å². The van der Waals surface area contributed by atoms with Crippen LogP contribution in [0.5, 0.6) is 0 Å². The molecule has 1 fully saturated rings. The van der Waals surface area contributed by atoms with Crippen LogP contribution in [0, 0.1) is 0 Å². The number of nitrogen functional groups attached to an aromatic ring is 1. The summed E-state index contributed by atoms with van der Waals surface area (Å²) in [5, 5.41) is 6.77. The van der Waals surface area contributed by atoms with Gasteiger partial charge in [-0.2, -0.15) is 5.10 Å². The van der Waals surface area contributed by atoms with E-state index >= 15 is 0 Å². The van der Waals surface area contributed by atoms with E-state index in [4.69, 9.17) is 10.5 Å². The zero-order chi connectivity index (χ0) is 11.5. The molecule has 0 radical (unpaired) electrons. The van der Waals surface area contributed by atoms with Crippen LogP contribution in [0.2, 0.25) is 0 Å². The Morgan fingerprint density at radius 1 is 1.56 bits per heavy atom. The predicted octanol–water partition coefficient (Wildman–Crippen LogP) is 0.0267. The van der Waals surface area contributed by atoms with Crippen molar-refractivity contribution in [3.05, 3.63) is 11.4 Å². The molecule has 0 saturated carbocycles. The van der Waals surface area contributed by atoms with E-state index in [9.17, 15) is 4.79 Å². The minimum Gasteiger partial charge on any atom is -0.395 e. The van der Waals surface area contributed by atoms with Gasteiger partial charge in [-0.3, -0.25) is 9.89 Å². The largest absolute Gasteiger partial charge is 0.395 e. The third-order valence-electron chi connectivity index (χ3n) is 2.74. The van der Waals surface area contributed by atoms with E-state index in [2.05, 4.69) is 10.2 Å². The van der Waals surface area contributed by atoms with E-state index in [1.54, 1.807) is 4.90 Å². The zero-order valence-corrected chi connectivity index (χ0v) is 9.32. The van der Waals surface area contributed by atoms with Crippen molar-refractivity contribution in [2.45, 2.75) is 13.3 Å². The average molecular weight is 224 g/mol. The first-order chi connectivity index (χ1) is 7.74. The first kappa shape index (κ1) is 10.9. The molecule has 16 heavy (non-hydrogen) atoms. The number of nitrogens with zero attached hydrogens (tertiary/aromatic N) is 2. The maximum Gasteiger partial charge on any atom is 0.276 e. The molecule has 1 saturated heterocycles. The molecule has 0 unspecified atom stereocenters. The Hall–Kier alpha value is -1.56. The highest BCUT2D eigenvalue weighted by Gasteiger charge is 2.23. The molecule has 3 N–H and O–H groups in total. The normalized spacial score (nSPS) is 16.4. The van der Waals surface area contributed by atoms with Gasteiger partial charge in [0.15, 0.2) is 5.69 Å². The van der Waals surface area contributed by atoms with Crippen molar-refractivity contribution in [1.82, 2.24) is 15.1 Å². The van der Waals surface area contributed by atoms with E-state index in [1.807, 2.05) is 6.92 Å². The number of rotatable bonds is 2. The molecule has 1 aliphatic rings. The van der Waals surface area contributed by atoms with E-state index < -0.39 is 0 Å². The Morgan fingerprint density at radius 2 is 2.25 bits per heavy atom. The highest BCUT2D eigenvalue weighted by Crippen LogP contribution is 2.16. The van der Waals surface area contributed by atoms with Gasteiger partial charge in [0.05, 0.1) is 24.6 Å². The van der Waals surface area contributed by atoms with Crippen LogP contribution in [0.25, 0.3) is 0 Å². The van der Waals surface area contributed by atoms with Crippen molar-refractivity contribution < 1.29 is 9.53 Å². The SMILES string of the molecule is CCc1[nH]nc(C(=O)N2CCOCC2)c1N. The average Bonchev–Trinajstić information content (AvgIpc) is 2.70. The molecule has 88 valence electrons. The van der Waals surface area contributed by atoms with Crippen LogP contribution in [0.3, 0.4) is 0 Å². The van der Waals surface area contributed by atoms with Crippen LogP contribution >= 0.6 is 0 Å². The number of carbonyl (C=O) groups excluding carboxylic acids is 1. The summed E-state index contributed by atoms with van der Waals surface area (Å²) in [6.07, 6.45) is 0.745. The second-order valence-electron chi connectivity index (χ2n) is 3.72. The number of aryl methyl sites for hydroxylation is 1. The standard InChI is InChI=1S/C10H16N4O2/c1-2-7-8(11)9(13-12-7)10(15)14-3-5-16-6-4-14/h2-6,11H2,1H3,(H,12,13). The number of amides is 1. The summed E-state index contributed by atoms with van der Waals surface area (Å²) in [5.74, 6) is -0.114. The third-order valence-corrected chi connectivity index (χ3v) is 2.74. The quantitative estimate of drug-likeness (QED) is 0.742. The summed E-state index contributed by atoms with van der Waals surface area (Å²) in [4.78, 5) is 13.8. The van der Waals surface area contributed by atoms with Gasteiger partial charge in [-0.1, -0.05) is 6.92 Å². The van der Waals surface area contributed by atoms with E-state index in [0.29, 0.717) is 37.7 Å². The van der Waals surface area contributed by atoms with Crippen LogP contribution < -0.4 is 5.73 Å². The fourth-order valence-corrected chi connectivity index (χ4v) is 1.74. The molecular formula is C10H16N4O2. The second kappa shape index (κ2) is 4.52. The van der Waals surface area contributed by atoms with Gasteiger partial charge in [-0.05, 0) is 6.42 Å². The molecule has 2 rings (SSSR count). The van der Waals surface area contributed by atoms with Crippen LogP contribution in [0.1, 0.15) is 23.1 Å². The number of carbonyl (C=O) groups is 1. The minimum atomic E-state index is -0.114. The summed E-state index contributed by atoms with van der Waals surface area (Å²) in [6, 6.07) is 0. The Labute approximate surface area is 93.8 Å². The second-order valence-corrected chi connectivity index (χ2v) is 3.72. The molecule has 0 aromatic carbocycles. The van der Waals surface area contributed by atoms with Crippen LogP contribution in [0.4, 0.5) is 5.69 Å². The number of morpholine rings is 1. The van der Waals surface area contributed by atoms with Gasteiger partial charge in [-0.25, -0.2) is 0 Å². The Kier molecular flexibility index (Phi) is 3.09. The van der Waals surface area contributed by atoms with Gasteiger partial charge in [0.2, 0.25) is 0 Å². The lowest BCUT2D eigenvalue weighted by atomic mass is 10.2. The fraction of sp³-hybridized carbons (Fsp3) is 0.600. The van der Waals surface area contributed by atoms with E-state index in [-0.39, 0.29) is 5.91 Å². The van der Waals surface area contributed by atoms with Crippen molar-refractivity contribution in [2.75, 3.05) is 32.0 Å². The molecule has 6 nitrogen and oxygen atoms in total. The molecule has 1 aromatic heterocycles. The topological polar surface area (TPSA) is 84.2 Å². The number of ether oxygens (including phenoxy) is 1. The van der Waals surface area contributed by atoms with Gasteiger partial charge in [0.25, 0.3) is 5.91 Å². The number of H-pyrrole nitrogens is 1. The summed E-state index contributed by atoms with van der Waals surface area (Å²) in [5.41, 5.74) is 7.47. The predicted molar refractivity (Wildman–Crippen MR) is 59.1 cm³/mol. The van der Waals surface area contributed by atoms with Crippen molar-refractivity contribution in [1.29, 1.82) is 0 Å². The lowest BCUT2D eigenvalue weighted by Crippen LogP contribution is -2.41. The molecule has 0 bridgehead atoms. The molecule has 2 heterocycles. The maximum absolute atomic E-state index is 12.1. The Balaban J connectivity index is 2.16. The number of aromatic amines is 1. The fourth-order valence-electron chi connectivity index (χ4n) is 1.74. The first-order valence-corrected chi connectivity index (χ1v) is 5.43. The van der Waals surface area contributed by atoms with Crippen LogP contribution in [-0.4, -0.2) is 47.3 Å². The molecule has 1 aromatic rings. The highest BCUT2D eigenvalue weighted by atomic mass is 16.5. The number of aromatic nitrogens is 2. The zero-order valence-electron chi connectivity index (χ0n) is 9.32. The molecule has 1 aliphatic heterocycles. The Morgan fingerprint density at radius 3 is 2.81 bits per heavy atom. The summed E-state index contributed by atoms with van der Waals surface area (Å²) in [7, 11) is 0. The number of nitrogens with two attached hydrogens (primary N) is 1. The summed E-state index contributed by atoms with van der Waals surface area (Å²) in [6.45, 7) is 4.33. The van der Waals surface area contributed by atoms with Crippen LogP contribution in [0.15, 0.2) is 0 Å². The van der Waals surface area contributed by atoms with Crippen molar-refractivity contribution in [3.8, 4) is 0 Å². The van der Waals surface area contributed by atoms with Gasteiger partial charge in [0, 0.05) is 13.1 Å². The molecular weight excluding hydrogens is 208 g/mol. The maximum atomic E-state index is 12.1. The van der Waals surface area contributed by atoms with Gasteiger partial charge < -0.3 is 15.4 Å². The lowest BCUT2D eigenvalue weighted by molar-refractivity contribution is 0.0299. The first-order valence-electron chi connectivity index (χ1n) is 5.43. The van der Waals surface area contributed by atoms with Crippen molar-refractivity contribution in [3.63, 3.8) is 0 Å². The smallest absolute Gasteiger partial charge is 0.276 e. The summed E-state index contributed by atoms with van der Waals surface area (Å²) >= 11 is 0. The van der Waals surface area contributed by atoms with E-state index in [0.717, 1.165) is 12.1 Å².